The minimum atomic E-state index is 0.647. The summed E-state index contributed by atoms with van der Waals surface area (Å²) in [4.78, 5) is 11.8. The molecule has 21 heavy (non-hydrogen) atoms. The van der Waals surface area contributed by atoms with E-state index in [2.05, 4.69) is 15.2 Å². The normalized spacial score (nSPS) is 25.4. The second kappa shape index (κ2) is 5.91. The molecule has 4 nitrogen and oxygen atoms in total. The van der Waals surface area contributed by atoms with E-state index in [0.29, 0.717) is 6.04 Å². The van der Waals surface area contributed by atoms with Gasteiger partial charge in [0.2, 0.25) is 0 Å². The van der Waals surface area contributed by atoms with Gasteiger partial charge in [-0.1, -0.05) is 6.42 Å². The molecule has 1 N–H and O–H groups in total. The highest BCUT2D eigenvalue weighted by Crippen LogP contribution is 2.35. The van der Waals surface area contributed by atoms with E-state index < -0.39 is 0 Å². The fourth-order valence-corrected chi connectivity index (χ4v) is 3.86. The van der Waals surface area contributed by atoms with Crippen molar-refractivity contribution in [3.63, 3.8) is 0 Å². The van der Waals surface area contributed by atoms with E-state index in [-0.39, 0.29) is 0 Å². The Bertz CT molecular complexity index is 492. The van der Waals surface area contributed by atoms with Gasteiger partial charge in [0.15, 0.2) is 0 Å². The SMILES string of the molecule is c1nc2c(c(N(CC3CCCCN3)C3CC3)n1)CCCC2. The molecule has 4 rings (SSSR count). The zero-order valence-corrected chi connectivity index (χ0v) is 12.9. The Labute approximate surface area is 127 Å². The van der Waals surface area contributed by atoms with Gasteiger partial charge in [0.05, 0.1) is 0 Å². The molecule has 0 amide bonds. The second-order valence-electron chi connectivity index (χ2n) is 6.86. The highest BCUT2D eigenvalue weighted by atomic mass is 15.3. The van der Waals surface area contributed by atoms with Crippen molar-refractivity contribution in [1.82, 2.24) is 15.3 Å². The molecule has 0 spiro atoms. The highest BCUT2D eigenvalue weighted by Gasteiger charge is 2.34. The van der Waals surface area contributed by atoms with E-state index in [9.17, 15) is 0 Å². The van der Waals surface area contributed by atoms with Gasteiger partial charge >= 0.3 is 0 Å². The Balaban J connectivity index is 1.58. The minimum Gasteiger partial charge on any atom is -0.352 e. The molecule has 1 saturated carbocycles. The molecular weight excluding hydrogens is 260 g/mol. The van der Waals surface area contributed by atoms with E-state index in [0.717, 1.165) is 19.0 Å². The number of piperidine rings is 1. The third kappa shape index (κ3) is 2.91. The number of anilines is 1. The zero-order valence-electron chi connectivity index (χ0n) is 12.9. The third-order valence-corrected chi connectivity index (χ3v) is 5.19. The van der Waals surface area contributed by atoms with Crippen molar-refractivity contribution in [2.75, 3.05) is 18.0 Å². The van der Waals surface area contributed by atoms with Crippen LogP contribution in [0.3, 0.4) is 0 Å². The van der Waals surface area contributed by atoms with Crippen molar-refractivity contribution in [2.45, 2.75) is 69.9 Å². The first kappa shape index (κ1) is 13.5. The standard InChI is InChI=1S/C17H26N4/c1-2-7-16-15(6-1)17(20-12-19-16)21(14-8-9-14)11-13-5-3-4-10-18-13/h12-14,18H,1-11H2. The lowest BCUT2D eigenvalue weighted by atomic mass is 9.96. The van der Waals surface area contributed by atoms with Crippen LogP contribution in [0.1, 0.15) is 56.2 Å². The van der Waals surface area contributed by atoms with Gasteiger partial charge in [-0.3, -0.25) is 0 Å². The summed E-state index contributed by atoms with van der Waals surface area (Å²) in [6.07, 6.45) is 13.4. The van der Waals surface area contributed by atoms with Gasteiger partial charge in [-0.15, -0.1) is 0 Å². The maximum absolute atomic E-state index is 4.71. The van der Waals surface area contributed by atoms with Crippen molar-refractivity contribution in [3.8, 4) is 0 Å². The number of aromatic nitrogens is 2. The van der Waals surface area contributed by atoms with Crippen LogP contribution in [-0.4, -0.2) is 35.1 Å². The molecule has 1 aliphatic heterocycles. The number of nitrogens with one attached hydrogen (secondary N) is 1. The molecule has 1 aromatic heterocycles. The summed E-state index contributed by atoms with van der Waals surface area (Å²) in [5.41, 5.74) is 2.76. The first-order valence-electron chi connectivity index (χ1n) is 8.74. The van der Waals surface area contributed by atoms with Gasteiger partial charge < -0.3 is 10.2 Å². The van der Waals surface area contributed by atoms with Gasteiger partial charge in [-0.25, -0.2) is 9.97 Å². The summed E-state index contributed by atoms with van der Waals surface area (Å²) in [6, 6.07) is 1.38. The Morgan fingerprint density at radius 3 is 2.76 bits per heavy atom. The van der Waals surface area contributed by atoms with Crippen LogP contribution in [0.2, 0.25) is 0 Å². The first-order valence-corrected chi connectivity index (χ1v) is 8.74. The number of rotatable bonds is 4. The quantitative estimate of drug-likeness (QED) is 0.923. The lowest BCUT2D eigenvalue weighted by Crippen LogP contribution is -2.45. The first-order chi connectivity index (χ1) is 10.4. The third-order valence-electron chi connectivity index (χ3n) is 5.19. The Morgan fingerprint density at radius 2 is 1.95 bits per heavy atom. The van der Waals surface area contributed by atoms with Crippen LogP contribution in [0.15, 0.2) is 6.33 Å². The molecule has 2 fully saturated rings. The summed E-state index contributed by atoms with van der Waals surface area (Å²) >= 11 is 0. The van der Waals surface area contributed by atoms with Crippen molar-refractivity contribution in [1.29, 1.82) is 0 Å². The van der Waals surface area contributed by atoms with E-state index in [4.69, 9.17) is 4.98 Å². The van der Waals surface area contributed by atoms with E-state index in [1.807, 2.05) is 0 Å². The summed E-state index contributed by atoms with van der Waals surface area (Å²) in [5, 5.41) is 3.70. The van der Waals surface area contributed by atoms with E-state index in [1.54, 1.807) is 6.33 Å². The molecular formula is C17H26N4. The van der Waals surface area contributed by atoms with Crippen LogP contribution in [0.25, 0.3) is 0 Å². The maximum Gasteiger partial charge on any atom is 0.135 e. The van der Waals surface area contributed by atoms with Gasteiger partial charge in [0, 0.05) is 29.9 Å². The van der Waals surface area contributed by atoms with Crippen LogP contribution in [0.5, 0.6) is 0 Å². The Kier molecular flexibility index (Phi) is 3.80. The zero-order chi connectivity index (χ0) is 14.1. The molecule has 1 atom stereocenters. The molecule has 3 aliphatic rings. The van der Waals surface area contributed by atoms with Crippen molar-refractivity contribution >= 4 is 5.82 Å². The highest BCUT2D eigenvalue weighted by molar-refractivity contribution is 5.51. The minimum absolute atomic E-state index is 0.647. The second-order valence-corrected chi connectivity index (χ2v) is 6.86. The largest absolute Gasteiger partial charge is 0.352 e. The Morgan fingerprint density at radius 1 is 1.05 bits per heavy atom. The van der Waals surface area contributed by atoms with Gasteiger partial charge in [-0.05, 0) is 57.9 Å². The molecule has 1 saturated heterocycles. The summed E-state index contributed by atoms with van der Waals surface area (Å²) < 4.78 is 0. The number of hydrogen-bond acceptors (Lipinski definition) is 4. The molecule has 0 radical (unpaired) electrons. The molecule has 114 valence electrons. The number of fused-ring (bicyclic) bond motifs is 1. The van der Waals surface area contributed by atoms with Crippen molar-refractivity contribution in [3.05, 3.63) is 17.6 Å². The smallest absolute Gasteiger partial charge is 0.135 e. The summed E-state index contributed by atoms with van der Waals surface area (Å²) in [7, 11) is 0. The number of nitrogens with zero attached hydrogens (tertiary/aromatic N) is 3. The molecule has 1 aromatic rings. The number of hydrogen-bond donors (Lipinski definition) is 1. The van der Waals surface area contributed by atoms with Crippen LogP contribution in [0.4, 0.5) is 5.82 Å². The summed E-state index contributed by atoms with van der Waals surface area (Å²) in [6.45, 7) is 2.32. The monoisotopic (exact) mass is 286 g/mol. The van der Waals surface area contributed by atoms with Crippen LogP contribution >= 0.6 is 0 Å². The fourth-order valence-electron chi connectivity index (χ4n) is 3.86. The fraction of sp³-hybridized carbons (Fsp3) is 0.765. The van der Waals surface area contributed by atoms with Crippen molar-refractivity contribution in [2.24, 2.45) is 0 Å². The molecule has 0 bridgehead atoms. The maximum atomic E-state index is 4.71. The van der Waals surface area contributed by atoms with Gasteiger partial charge in [-0.2, -0.15) is 0 Å². The van der Waals surface area contributed by atoms with Crippen molar-refractivity contribution < 1.29 is 0 Å². The molecule has 1 unspecified atom stereocenters. The van der Waals surface area contributed by atoms with Gasteiger partial charge in [0.1, 0.15) is 12.1 Å². The molecule has 4 heteroatoms. The predicted molar refractivity (Wildman–Crippen MR) is 84.7 cm³/mol. The lowest BCUT2D eigenvalue weighted by molar-refractivity contribution is 0.397. The Hall–Kier alpha value is -1.16. The molecule has 2 heterocycles. The average Bonchev–Trinajstić information content (AvgIpc) is 3.38. The van der Waals surface area contributed by atoms with E-state index >= 15 is 0 Å². The van der Waals surface area contributed by atoms with Crippen LogP contribution in [0, 0.1) is 0 Å². The topological polar surface area (TPSA) is 41.1 Å². The van der Waals surface area contributed by atoms with Gasteiger partial charge in [0.25, 0.3) is 0 Å². The predicted octanol–water partition coefficient (Wildman–Crippen LogP) is 2.47. The van der Waals surface area contributed by atoms with E-state index in [1.165, 1.54) is 75.0 Å². The van der Waals surface area contributed by atoms with Crippen LogP contribution < -0.4 is 10.2 Å². The molecule has 2 aliphatic carbocycles. The summed E-state index contributed by atoms with van der Waals surface area (Å²) in [5.74, 6) is 1.26. The lowest BCUT2D eigenvalue weighted by Gasteiger charge is -2.33. The molecule has 0 aromatic carbocycles. The average molecular weight is 286 g/mol. The number of aryl methyl sites for hydroxylation is 1. The van der Waals surface area contributed by atoms with Crippen LogP contribution in [-0.2, 0) is 12.8 Å².